The molecule has 9 heteroatoms. The molecule has 0 saturated carbocycles. The van der Waals surface area contributed by atoms with Crippen LogP contribution in [0.5, 0.6) is 0 Å². The van der Waals surface area contributed by atoms with Crippen molar-refractivity contribution < 1.29 is 13.2 Å². The van der Waals surface area contributed by atoms with E-state index in [4.69, 9.17) is 11.6 Å². The minimum Gasteiger partial charge on any atom is -0.370 e. The van der Waals surface area contributed by atoms with Crippen LogP contribution in [0.2, 0.25) is 5.02 Å². The molecule has 1 unspecified atom stereocenters. The van der Waals surface area contributed by atoms with Crippen molar-refractivity contribution in [2.75, 3.05) is 25.0 Å². The van der Waals surface area contributed by atoms with Crippen molar-refractivity contribution >= 4 is 17.3 Å². The van der Waals surface area contributed by atoms with E-state index in [2.05, 4.69) is 10.4 Å². The standard InChI is InChI=1S/C12H16ClF3N4O/c1-19(6-8-3-2-4-17-8)9-5-18-20(7-12(14,15)16)11(21)10(9)13/h5,8,17H,2-4,6-7H2,1H3. The lowest BCUT2D eigenvalue weighted by atomic mass is 10.2. The second-order valence-corrected chi connectivity index (χ2v) is 5.47. The number of hydrogen-bond acceptors (Lipinski definition) is 4. The van der Waals surface area contributed by atoms with Crippen LogP contribution >= 0.6 is 11.6 Å². The number of aromatic nitrogens is 2. The summed E-state index contributed by atoms with van der Waals surface area (Å²) in [5, 5.41) is 6.61. The smallest absolute Gasteiger partial charge is 0.370 e. The Labute approximate surface area is 124 Å². The highest BCUT2D eigenvalue weighted by Gasteiger charge is 2.30. The summed E-state index contributed by atoms with van der Waals surface area (Å²) in [6.07, 6.45) is -1.22. The second kappa shape index (κ2) is 6.23. The molecule has 0 spiro atoms. The first-order valence-corrected chi connectivity index (χ1v) is 6.92. The van der Waals surface area contributed by atoms with Crippen LogP contribution in [0.3, 0.4) is 0 Å². The van der Waals surface area contributed by atoms with Crippen LogP contribution in [-0.2, 0) is 6.54 Å². The number of hydrogen-bond donors (Lipinski definition) is 1. The first kappa shape index (κ1) is 16.1. The van der Waals surface area contributed by atoms with E-state index in [-0.39, 0.29) is 11.1 Å². The summed E-state index contributed by atoms with van der Waals surface area (Å²) in [4.78, 5) is 13.6. The average Bonchev–Trinajstić information content (AvgIpc) is 2.86. The molecule has 0 aliphatic carbocycles. The van der Waals surface area contributed by atoms with Gasteiger partial charge in [0.15, 0.2) is 0 Å². The van der Waals surface area contributed by atoms with E-state index in [0.29, 0.717) is 16.9 Å². The van der Waals surface area contributed by atoms with E-state index >= 15 is 0 Å². The van der Waals surface area contributed by atoms with Crippen LogP contribution in [0.1, 0.15) is 12.8 Å². The van der Waals surface area contributed by atoms with Gasteiger partial charge in [0.1, 0.15) is 11.6 Å². The number of likely N-dealkylation sites (N-methyl/N-ethyl adjacent to an activating group) is 1. The highest BCUT2D eigenvalue weighted by atomic mass is 35.5. The Balaban J connectivity index is 2.17. The predicted octanol–water partition coefficient (Wildman–Crippen LogP) is 1.65. The van der Waals surface area contributed by atoms with Crippen molar-refractivity contribution in [2.45, 2.75) is 31.6 Å². The Morgan fingerprint density at radius 3 is 2.86 bits per heavy atom. The van der Waals surface area contributed by atoms with Crippen molar-refractivity contribution in [2.24, 2.45) is 0 Å². The van der Waals surface area contributed by atoms with Gasteiger partial charge in [0.05, 0.1) is 11.9 Å². The Morgan fingerprint density at radius 2 is 2.29 bits per heavy atom. The monoisotopic (exact) mass is 324 g/mol. The maximum atomic E-state index is 12.3. The molecular weight excluding hydrogens is 309 g/mol. The van der Waals surface area contributed by atoms with Gasteiger partial charge in [-0.1, -0.05) is 11.6 Å². The SMILES string of the molecule is CN(CC1CCCN1)c1cnn(CC(F)(F)F)c(=O)c1Cl. The minimum absolute atomic E-state index is 0.241. The van der Waals surface area contributed by atoms with Crippen molar-refractivity contribution in [3.05, 3.63) is 21.6 Å². The lowest BCUT2D eigenvalue weighted by Crippen LogP contribution is -2.37. The van der Waals surface area contributed by atoms with Crippen LogP contribution in [0.4, 0.5) is 18.9 Å². The first-order valence-electron chi connectivity index (χ1n) is 6.55. The van der Waals surface area contributed by atoms with E-state index in [1.165, 1.54) is 6.20 Å². The second-order valence-electron chi connectivity index (χ2n) is 5.10. The van der Waals surface area contributed by atoms with Gasteiger partial charge < -0.3 is 10.2 Å². The van der Waals surface area contributed by atoms with Crippen molar-refractivity contribution in [3.63, 3.8) is 0 Å². The van der Waals surface area contributed by atoms with E-state index in [1.807, 2.05) is 0 Å². The fourth-order valence-corrected chi connectivity index (χ4v) is 2.64. The molecule has 1 aromatic heterocycles. The number of nitrogens with zero attached hydrogens (tertiary/aromatic N) is 3. The van der Waals surface area contributed by atoms with Gasteiger partial charge in [-0.15, -0.1) is 0 Å². The number of rotatable bonds is 4. The molecular formula is C12H16ClF3N4O. The summed E-state index contributed by atoms with van der Waals surface area (Å²) in [6, 6.07) is 0.281. The average molecular weight is 325 g/mol. The van der Waals surface area contributed by atoms with Gasteiger partial charge >= 0.3 is 6.18 Å². The summed E-state index contributed by atoms with van der Waals surface area (Å²) in [7, 11) is 1.73. The van der Waals surface area contributed by atoms with Crippen molar-refractivity contribution in [3.8, 4) is 0 Å². The van der Waals surface area contributed by atoms with Gasteiger partial charge in [-0.25, -0.2) is 4.68 Å². The molecule has 1 saturated heterocycles. The molecule has 1 fully saturated rings. The number of anilines is 1. The lowest BCUT2D eigenvalue weighted by Gasteiger charge is -2.24. The summed E-state index contributed by atoms with van der Waals surface area (Å²) in [5.41, 5.74) is -0.591. The Morgan fingerprint density at radius 1 is 1.57 bits per heavy atom. The maximum absolute atomic E-state index is 12.3. The zero-order valence-electron chi connectivity index (χ0n) is 11.5. The van der Waals surface area contributed by atoms with Crippen LogP contribution in [0.15, 0.2) is 11.0 Å². The van der Waals surface area contributed by atoms with Gasteiger partial charge in [-0.3, -0.25) is 4.79 Å². The predicted molar refractivity (Wildman–Crippen MR) is 73.9 cm³/mol. The fourth-order valence-electron chi connectivity index (χ4n) is 2.35. The molecule has 1 aromatic rings. The largest absolute Gasteiger partial charge is 0.408 e. The third-order valence-electron chi connectivity index (χ3n) is 3.36. The highest BCUT2D eigenvalue weighted by Crippen LogP contribution is 2.22. The van der Waals surface area contributed by atoms with Crippen molar-refractivity contribution in [1.29, 1.82) is 0 Å². The third-order valence-corrected chi connectivity index (χ3v) is 3.72. The first-order chi connectivity index (χ1) is 9.78. The molecule has 0 aromatic carbocycles. The molecule has 2 heterocycles. The van der Waals surface area contributed by atoms with Crippen LogP contribution in [-0.4, -0.2) is 42.1 Å². The van der Waals surface area contributed by atoms with Crippen LogP contribution < -0.4 is 15.8 Å². The van der Waals surface area contributed by atoms with Crippen LogP contribution in [0.25, 0.3) is 0 Å². The molecule has 118 valence electrons. The summed E-state index contributed by atoms with van der Waals surface area (Å²) < 4.78 is 37.3. The van der Waals surface area contributed by atoms with Gasteiger partial charge in [0, 0.05) is 19.6 Å². The molecule has 1 aliphatic heterocycles. The summed E-state index contributed by atoms with van der Waals surface area (Å²) in [6.45, 7) is 0.113. The van der Waals surface area contributed by atoms with E-state index in [9.17, 15) is 18.0 Å². The van der Waals surface area contributed by atoms with Gasteiger partial charge in [-0.2, -0.15) is 18.3 Å². The van der Waals surface area contributed by atoms with E-state index in [0.717, 1.165) is 19.4 Å². The van der Waals surface area contributed by atoms with E-state index in [1.54, 1.807) is 11.9 Å². The molecule has 0 bridgehead atoms. The third kappa shape index (κ3) is 4.10. The summed E-state index contributed by atoms with van der Waals surface area (Å²) in [5.74, 6) is 0. The normalized spacial score (nSPS) is 19.0. The van der Waals surface area contributed by atoms with E-state index < -0.39 is 18.3 Å². The number of nitrogens with one attached hydrogen (secondary N) is 1. The highest BCUT2D eigenvalue weighted by molar-refractivity contribution is 6.33. The zero-order valence-corrected chi connectivity index (χ0v) is 12.2. The fraction of sp³-hybridized carbons (Fsp3) is 0.667. The number of alkyl halides is 3. The Kier molecular flexibility index (Phi) is 4.77. The van der Waals surface area contributed by atoms with Gasteiger partial charge in [0.25, 0.3) is 5.56 Å². The molecule has 1 atom stereocenters. The Bertz CT molecular complexity index is 554. The topological polar surface area (TPSA) is 50.2 Å². The molecule has 21 heavy (non-hydrogen) atoms. The number of halogens is 4. The lowest BCUT2D eigenvalue weighted by molar-refractivity contribution is -0.143. The molecule has 5 nitrogen and oxygen atoms in total. The van der Waals surface area contributed by atoms with Crippen molar-refractivity contribution in [1.82, 2.24) is 15.1 Å². The summed E-state index contributed by atoms with van der Waals surface area (Å²) >= 11 is 5.90. The quantitative estimate of drug-likeness (QED) is 0.915. The minimum atomic E-state index is -4.51. The molecule has 2 rings (SSSR count). The maximum Gasteiger partial charge on any atom is 0.408 e. The van der Waals surface area contributed by atoms with Gasteiger partial charge in [-0.05, 0) is 19.4 Å². The Hall–Kier alpha value is -1.28. The molecule has 0 radical (unpaired) electrons. The molecule has 1 N–H and O–H groups in total. The zero-order chi connectivity index (χ0) is 15.6. The van der Waals surface area contributed by atoms with Gasteiger partial charge in [0.2, 0.25) is 0 Å². The molecule has 1 aliphatic rings. The molecule has 0 amide bonds. The van der Waals surface area contributed by atoms with Crippen LogP contribution in [0, 0.1) is 0 Å².